The number of hydrogen-bond acceptors (Lipinski definition) is 6. The van der Waals surface area contributed by atoms with Gasteiger partial charge in [-0.05, 0) is 26.7 Å². The smallest absolute Gasteiger partial charge is 0.350 e. The third kappa shape index (κ3) is 2.95. The summed E-state index contributed by atoms with van der Waals surface area (Å²) >= 11 is 1.32. The molecule has 1 aromatic heterocycles. The lowest BCUT2D eigenvalue weighted by Crippen LogP contribution is -2.16. The lowest BCUT2D eigenvalue weighted by Gasteiger charge is -2.09. The molecule has 0 aromatic carbocycles. The first kappa shape index (κ1) is 12.3. The van der Waals surface area contributed by atoms with E-state index < -0.39 is 0 Å². The highest BCUT2D eigenvalue weighted by molar-refractivity contribution is 7.17. The molecule has 0 saturated carbocycles. The molecule has 0 aliphatic carbocycles. The lowest BCUT2D eigenvalue weighted by atomic mass is 10.3. The summed E-state index contributed by atoms with van der Waals surface area (Å²) < 4.78 is 10.4. The van der Waals surface area contributed by atoms with Gasteiger partial charge in [0, 0.05) is 6.61 Å². The van der Waals surface area contributed by atoms with Crippen molar-refractivity contribution in [1.82, 2.24) is 4.98 Å². The zero-order valence-electron chi connectivity index (χ0n) is 9.99. The van der Waals surface area contributed by atoms with E-state index in [9.17, 15) is 4.79 Å². The van der Waals surface area contributed by atoms with E-state index in [0.717, 1.165) is 24.6 Å². The van der Waals surface area contributed by atoms with Crippen molar-refractivity contribution in [3.8, 4) is 0 Å². The van der Waals surface area contributed by atoms with E-state index in [1.165, 1.54) is 11.3 Å². The molecule has 2 rings (SSSR count). The molecule has 2 heterocycles. The molecule has 1 aliphatic rings. The second kappa shape index (κ2) is 5.46. The maximum absolute atomic E-state index is 11.6. The Labute approximate surface area is 104 Å². The molecule has 5 nitrogen and oxygen atoms in total. The SMILES string of the molecule is CCOC(=O)c1sc(N[C@@H]2CCCO2)nc1C. The van der Waals surface area contributed by atoms with Crippen molar-refractivity contribution < 1.29 is 14.3 Å². The topological polar surface area (TPSA) is 60.5 Å². The largest absolute Gasteiger partial charge is 0.462 e. The lowest BCUT2D eigenvalue weighted by molar-refractivity contribution is 0.0531. The summed E-state index contributed by atoms with van der Waals surface area (Å²) in [6, 6.07) is 0. The third-order valence-corrected chi connectivity index (χ3v) is 3.54. The van der Waals surface area contributed by atoms with E-state index in [4.69, 9.17) is 9.47 Å². The summed E-state index contributed by atoms with van der Waals surface area (Å²) in [5.74, 6) is -0.303. The van der Waals surface area contributed by atoms with Crippen molar-refractivity contribution in [2.24, 2.45) is 0 Å². The van der Waals surface area contributed by atoms with Crippen LogP contribution in [0.4, 0.5) is 5.13 Å². The van der Waals surface area contributed by atoms with Crippen molar-refractivity contribution >= 4 is 22.4 Å². The van der Waals surface area contributed by atoms with Crippen LogP contribution in [-0.4, -0.2) is 30.4 Å². The maximum atomic E-state index is 11.6. The van der Waals surface area contributed by atoms with Gasteiger partial charge in [0.2, 0.25) is 0 Å². The normalized spacial score (nSPS) is 19.3. The molecule has 0 bridgehead atoms. The molecule has 1 fully saturated rings. The molecule has 0 amide bonds. The fraction of sp³-hybridized carbons (Fsp3) is 0.636. The molecule has 94 valence electrons. The van der Waals surface area contributed by atoms with Gasteiger partial charge in [0.1, 0.15) is 11.1 Å². The minimum absolute atomic E-state index is 0.0237. The van der Waals surface area contributed by atoms with E-state index in [0.29, 0.717) is 17.2 Å². The quantitative estimate of drug-likeness (QED) is 0.837. The highest BCUT2D eigenvalue weighted by Crippen LogP contribution is 2.25. The van der Waals surface area contributed by atoms with Crippen molar-refractivity contribution in [2.45, 2.75) is 32.9 Å². The number of aromatic nitrogens is 1. The van der Waals surface area contributed by atoms with E-state index in [2.05, 4.69) is 10.3 Å². The first-order valence-electron chi connectivity index (χ1n) is 5.73. The van der Waals surface area contributed by atoms with Gasteiger partial charge in [-0.1, -0.05) is 11.3 Å². The Morgan fingerprint density at radius 3 is 3.18 bits per heavy atom. The van der Waals surface area contributed by atoms with E-state index in [1.54, 1.807) is 6.92 Å². The molecular weight excluding hydrogens is 240 g/mol. The number of hydrogen-bond donors (Lipinski definition) is 1. The number of aryl methyl sites for hydroxylation is 1. The number of anilines is 1. The van der Waals surface area contributed by atoms with Gasteiger partial charge in [-0.3, -0.25) is 0 Å². The molecular formula is C11H16N2O3S. The van der Waals surface area contributed by atoms with Gasteiger partial charge in [0.25, 0.3) is 0 Å². The number of rotatable bonds is 4. The van der Waals surface area contributed by atoms with Crippen LogP contribution in [-0.2, 0) is 9.47 Å². The average molecular weight is 256 g/mol. The molecule has 6 heteroatoms. The summed E-state index contributed by atoms with van der Waals surface area (Å²) in [6.45, 7) is 4.76. The summed E-state index contributed by atoms with van der Waals surface area (Å²) in [7, 11) is 0. The standard InChI is InChI=1S/C11H16N2O3S/c1-3-15-10(14)9-7(2)12-11(17-9)13-8-5-4-6-16-8/h8H,3-6H2,1-2H3,(H,12,13)/t8-/m0/s1. The zero-order valence-corrected chi connectivity index (χ0v) is 10.8. The van der Waals surface area contributed by atoms with Gasteiger partial charge < -0.3 is 14.8 Å². The molecule has 1 aromatic rings. The predicted molar refractivity (Wildman–Crippen MR) is 65.4 cm³/mol. The van der Waals surface area contributed by atoms with Gasteiger partial charge >= 0.3 is 5.97 Å². The van der Waals surface area contributed by atoms with Crippen LogP contribution >= 0.6 is 11.3 Å². The summed E-state index contributed by atoms with van der Waals surface area (Å²) in [5, 5.41) is 3.90. The van der Waals surface area contributed by atoms with Crippen molar-refractivity contribution in [3.63, 3.8) is 0 Å². The van der Waals surface area contributed by atoms with Crippen LogP contribution < -0.4 is 5.32 Å². The molecule has 1 N–H and O–H groups in total. The van der Waals surface area contributed by atoms with Crippen LogP contribution in [0.5, 0.6) is 0 Å². The van der Waals surface area contributed by atoms with Crippen LogP contribution in [0.25, 0.3) is 0 Å². The number of esters is 1. The molecule has 1 saturated heterocycles. The highest BCUT2D eigenvalue weighted by atomic mass is 32.1. The number of nitrogens with one attached hydrogen (secondary N) is 1. The summed E-state index contributed by atoms with van der Waals surface area (Å²) in [6.07, 6.45) is 2.07. The Kier molecular flexibility index (Phi) is 3.96. The zero-order chi connectivity index (χ0) is 12.3. The van der Waals surface area contributed by atoms with Gasteiger partial charge in [-0.2, -0.15) is 0 Å². The van der Waals surface area contributed by atoms with Crippen LogP contribution in [0, 0.1) is 6.92 Å². The van der Waals surface area contributed by atoms with Gasteiger partial charge in [0.15, 0.2) is 5.13 Å². The van der Waals surface area contributed by atoms with Crippen molar-refractivity contribution in [1.29, 1.82) is 0 Å². The Morgan fingerprint density at radius 1 is 1.71 bits per heavy atom. The molecule has 17 heavy (non-hydrogen) atoms. The number of nitrogens with zero attached hydrogens (tertiary/aromatic N) is 1. The highest BCUT2D eigenvalue weighted by Gasteiger charge is 2.20. The molecule has 1 atom stereocenters. The van der Waals surface area contributed by atoms with Gasteiger partial charge in [0.05, 0.1) is 12.3 Å². The predicted octanol–water partition coefficient (Wildman–Crippen LogP) is 2.18. The second-order valence-corrected chi connectivity index (χ2v) is 4.80. The van der Waals surface area contributed by atoms with Crippen LogP contribution in [0.3, 0.4) is 0 Å². The van der Waals surface area contributed by atoms with Gasteiger partial charge in [-0.15, -0.1) is 0 Å². The summed E-state index contributed by atoms with van der Waals surface area (Å²) in [4.78, 5) is 16.5. The Hall–Kier alpha value is -1.14. The minimum Gasteiger partial charge on any atom is -0.462 e. The minimum atomic E-state index is -0.303. The molecule has 0 spiro atoms. The van der Waals surface area contributed by atoms with Gasteiger partial charge in [-0.25, -0.2) is 9.78 Å². The number of carbonyl (C=O) groups excluding carboxylic acids is 1. The van der Waals surface area contributed by atoms with E-state index >= 15 is 0 Å². The fourth-order valence-electron chi connectivity index (χ4n) is 1.67. The molecule has 0 unspecified atom stereocenters. The van der Waals surface area contributed by atoms with Crippen molar-refractivity contribution in [3.05, 3.63) is 10.6 Å². The van der Waals surface area contributed by atoms with Crippen molar-refractivity contribution in [2.75, 3.05) is 18.5 Å². The maximum Gasteiger partial charge on any atom is 0.350 e. The van der Waals surface area contributed by atoms with Crippen LogP contribution in [0.1, 0.15) is 35.1 Å². The first-order valence-corrected chi connectivity index (χ1v) is 6.55. The Morgan fingerprint density at radius 2 is 2.53 bits per heavy atom. The number of ether oxygens (including phenoxy) is 2. The monoisotopic (exact) mass is 256 g/mol. The Balaban J connectivity index is 2.04. The Bertz CT molecular complexity index is 399. The second-order valence-electron chi connectivity index (χ2n) is 3.80. The van der Waals surface area contributed by atoms with Crippen LogP contribution in [0.15, 0.2) is 0 Å². The first-order chi connectivity index (χ1) is 8.20. The third-order valence-electron chi connectivity index (χ3n) is 2.47. The number of thiazole rings is 1. The number of carbonyl (C=O) groups is 1. The van der Waals surface area contributed by atoms with Crippen LogP contribution in [0.2, 0.25) is 0 Å². The van der Waals surface area contributed by atoms with E-state index in [-0.39, 0.29) is 12.2 Å². The average Bonchev–Trinajstić information content (AvgIpc) is 2.89. The van der Waals surface area contributed by atoms with E-state index in [1.807, 2.05) is 6.92 Å². The fourth-order valence-corrected chi connectivity index (χ4v) is 2.58. The molecule has 0 radical (unpaired) electrons. The molecule has 1 aliphatic heterocycles. The summed E-state index contributed by atoms with van der Waals surface area (Å²) in [5.41, 5.74) is 0.703.